The van der Waals surface area contributed by atoms with Gasteiger partial charge in [0.05, 0.1) is 17.6 Å². The van der Waals surface area contributed by atoms with Gasteiger partial charge in [0.25, 0.3) is 5.92 Å². The number of likely N-dealkylation sites (tertiary alicyclic amines) is 1. The molecule has 1 aliphatic rings. The number of benzene rings is 1. The molecular formula is C20H21F2N6O2-. The Morgan fingerprint density at radius 3 is 2.83 bits per heavy atom. The Morgan fingerprint density at radius 1 is 1.33 bits per heavy atom. The highest BCUT2D eigenvalue weighted by Gasteiger charge is 2.52. The van der Waals surface area contributed by atoms with E-state index in [4.69, 9.17) is 0 Å². The van der Waals surface area contributed by atoms with E-state index in [0.717, 1.165) is 10.5 Å². The Kier molecular flexibility index (Phi) is 5.23. The third kappa shape index (κ3) is 3.89. The predicted octanol–water partition coefficient (Wildman–Crippen LogP) is 1.99. The van der Waals surface area contributed by atoms with Gasteiger partial charge in [0.2, 0.25) is 5.95 Å². The first-order valence-corrected chi connectivity index (χ1v) is 9.65. The molecule has 0 saturated carbocycles. The lowest BCUT2D eigenvalue weighted by atomic mass is 9.83. The van der Waals surface area contributed by atoms with Crippen molar-refractivity contribution in [2.75, 3.05) is 18.4 Å². The van der Waals surface area contributed by atoms with E-state index >= 15 is 8.78 Å². The zero-order valence-corrected chi connectivity index (χ0v) is 16.3. The maximum atomic E-state index is 15.4. The number of rotatable bonds is 5. The highest BCUT2D eigenvalue weighted by atomic mass is 19.3. The molecule has 1 aromatic carbocycles. The summed E-state index contributed by atoms with van der Waals surface area (Å²) < 4.78 is 30.8. The van der Waals surface area contributed by atoms with Crippen molar-refractivity contribution in [1.82, 2.24) is 25.1 Å². The molecule has 1 fully saturated rings. The minimum Gasteiger partial charge on any atom is -0.530 e. The monoisotopic (exact) mass is 415 g/mol. The molecule has 30 heavy (non-hydrogen) atoms. The zero-order valence-electron chi connectivity index (χ0n) is 16.3. The Hall–Kier alpha value is -3.30. The molecule has 1 saturated heterocycles. The summed E-state index contributed by atoms with van der Waals surface area (Å²) in [5.74, 6) is -4.13. The maximum Gasteiger partial charge on any atom is 0.272 e. The van der Waals surface area contributed by atoms with Gasteiger partial charge < -0.3 is 20.1 Å². The second-order valence-electron chi connectivity index (χ2n) is 7.57. The van der Waals surface area contributed by atoms with Gasteiger partial charge in [0, 0.05) is 25.2 Å². The molecule has 0 bridgehead atoms. The van der Waals surface area contributed by atoms with Gasteiger partial charge in [-0.05, 0) is 25.3 Å². The van der Waals surface area contributed by atoms with E-state index in [1.165, 1.54) is 0 Å². The van der Waals surface area contributed by atoms with Crippen LogP contribution in [0.1, 0.15) is 17.5 Å². The number of carbonyl (C=O) groups is 1. The van der Waals surface area contributed by atoms with Crippen LogP contribution in [-0.2, 0) is 6.42 Å². The summed E-state index contributed by atoms with van der Waals surface area (Å²) in [5.41, 5.74) is 2.16. The van der Waals surface area contributed by atoms with Gasteiger partial charge in [0.1, 0.15) is 6.09 Å². The van der Waals surface area contributed by atoms with Crippen LogP contribution in [0.15, 0.2) is 36.7 Å². The van der Waals surface area contributed by atoms with E-state index in [0.29, 0.717) is 16.6 Å². The van der Waals surface area contributed by atoms with Crippen LogP contribution in [0.5, 0.6) is 0 Å². The topological polar surface area (TPSA) is 110 Å². The zero-order chi connectivity index (χ0) is 21.3. The molecule has 2 aromatic heterocycles. The van der Waals surface area contributed by atoms with Crippen molar-refractivity contribution in [2.45, 2.75) is 31.7 Å². The smallest absolute Gasteiger partial charge is 0.272 e. The normalized spacial score (nSPS) is 21.0. The lowest BCUT2D eigenvalue weighted by molar-refractivity contribution is -0.279. The van der Waals surface area contributed by atoms with Crippen molar-refractivity contribution >= 4 is 23.1 Å². The highest BCUT2D eigenvalue weighted by molar-refractivity contribution is 5.73. The number of halogens is 2. The standard InChI is InChI=1S/C20H22F2N6O2/c1-12-2-4-13(5-3-12)8-16-20(21,22)15(6-7-28(16)19(29)30)11-24-18-23-9-14-10-25-27-17(14)26-18/h2-5,9-10,15-16H,6-8,11H2,1H3,(H,29,30)(H2,23,24,25,26,27)/p-1/t15?,16-/m1/s1. The second-order valence-corrected chi connectivity index (χ2v) is 7.57. The second kappa shape index (κ2) is 7.85. The average molecular weight is 415 g/mol. The van der Waals surface area contributed by atoms with Crippen LogP contribution in [-0.4, -0.2) is 56.2 Å². The third-order valence-corrected chi connectivity index (χ3v) is 5.57. The van der Waals surface area contributed by atoms with Crippen LogP contribution in [0.2, 0.25) is 0 Å². The summed E-state index contributed by atoms with van der Waals surface area (Å²) in [6, 6.07) is 5.63. The largest absolute Gasteiger partial charge is 0.530 e. The molecule has 1 amide bonds. The van der Waals surface area contributed by atoms with Crippen molar-refractivity contribution < 1.29 is 18.7 Å². The number of anilines is 1. The number of hydrogen-bond donors (Lipinski definition) is 2. The molecule has 10 heteroatoms. The summed E-state index contributed by atoms with van der Waals surface area (Å²) in [7, 11) is 0. The lowest BCUT2D eigenvalue weighted by Crippen LogP contribution is -2.63. The molecule has 2 atom stereocenters. The molecule has 1 unspecified atom stereocenters. The molecule has 0 spiro atoms. The maximum absolute atomic E-state index is 15.4. The van der Waals surface area contributed by atoms with E-state index in [-0.39, 0.29) is 31.9 Å². The van der Waals surface area contributed by atoms with Crippen LogP contribution in [0, 0.1) is 12.8 Å². The fraction of sp³-hybridized carbons (Fsp3) is 0.400. The van der Waals surface area contributed by atoms with Crippen LogP contribution in [0.4, 0.5) is 19.5 Å². The van der Waals surface area contributed by atoms with Gasteiger partial charge in [0.15, 0.2) is 5.65 Å². The number of fused-ring (bicyclic) bond motifs is 1. The lowest BCUT2D eigenvalue weighted by Gasteiger charge is -2.46. The number of aromatic amines is 1. The fourth-order valence-corrected chi connectivity index (χ4v) is 3.81. The molecule has 3 aromatic rings. The first-order chi connectivity index (χ1) is 14.3. The van der Waals surface area contributed by atoms with Crippen molar-refractivity contribution in [2.24, 2.45) is 5.92 Å². The molecular weight excluding hydrogens is 394 g/mol. The molecule has 0 radical (unpaired) electrons. The molecule has 8 nitrogen and oxygen atoms in total. The Morgan fingerprint density at radius 2 is 2.10 bits per heavy atom. The van der Waals surface area contributed by atoms with Crippen molar-refractivity contribution in [3.05, 3.63) is 47.8 Å². The first kappa shape index (κ1) is 20.0. The quantitative estimate of drug-likeness (QED) is 0.660. The summed E-state index contributed by atoms with van der Waals surface area (Å²) in [6.07, 6.45) is 1.45. The van der Waals surface area contributed by atoms with E-state index < -0.39 is 24.0 Å². The summed E-state index contributed by atoms with van der Waals surface area (Å²) in [6.45, 7) is 1.80. The van der Waals surface area contributed by atoms with E-state index in [2.05, 4.69) is 25.5 Å². The minimum atomic E-state index is -3.26. The van der Waals surface area contributed by atoms with Gasteiger partial charge in [-0.15, -0.1) is 0 Å². The number of piperidine rings is 1. The van der Waals surface area contributed by atoms with E-state index in [1.807, 2.05) is 19.1 Å². The van der Waals surface area contributed by atoms with Gasteiger partial charge in [-0.2, -0.15) is 10.1 Å². The first-order valence-electron chi connectivity index (χ1n) is 9.65. The Bertz CT molecular complexity index is 1040. The highest BCUT2D eigenvalue weighted by Crippen LogP contribution is 2.39. The number of aromatic nitrogens is 4. The molecule has 0 aliphatic carbocycles. The van der Waals surface area contributed by atoms with E-state index in [1.54, 1.807) is 24.5 Å². The van der Waals surface area contributed by atoms with E-state index in [9.17, 15) is 9.90 Å². The number of hydrogen-bond acceptors (Lipinski definition) is 6. The van der Waals surface area contributed by atoms with Crippen LogP contribution in [0.3, 0.4) is 0 Å². The molecule has 158 valence electrons. The molecule has 2 N–H and O–H groups in total. The number of nitrogens with zero attached hydrogens (tertiary/aromatic N) is 4. The third-order valence-electron chi connectivity index (χ3n) is 5.57. The van der Waals surface area contributed by atoms with Crippen LogP contribution < -0.4 is 10.4 Å². The van der Waals surface area contributed by atoms with Crippen molar-refractivity contribution in [1.29, 1.82) is 0 Å². The fourth-order valence-electron chi connectivity index (χ4n) is 3.81. The van der Waals surface area contributed by atoms with Crippen LogP contribution >= 0.6 is 0 Å². The number of nitrogens with one attached hydrogen (secondary N) is 2. The van der Waals surface area contributed by atoms with Gasteiger partial charge in [-0.25, -0.2) is 13.8 Å². The number of H-pyrrole nitrogens is 1. The van der Waals surface area contributed by atoms with Crippen LogP contribution in [0.25, 0.3) is 11.0 Å². The summed E-state index contributed by atoms with van der Waals surface area (Å²) >= 11 is 0. The number of carbonyl (C=O) groups excluding carboxylic acids is 1. The molecule has 4 rings (SSSR count). The number of carboxylic acid groups (broad SMARTS) is 1. The van der Waals surface area contributed by atoms with Gasteiger partial charge >= 0.3 is 0 Å². The Labute approximate surface area is 171 Å². The predicted molar refractivity (Wildman–Crippen MR) is 104 cm³/mol. The van der Waals surface area contributed by atoms with Crippen molar-refractivity contribution in [3.63, 3.8) is 0 Å². The SMILES string of the molecule is Cc1ccc(C[C@H]2N(C(=O)[O-])CCC(CNc3ncc4cn[nH]c4n3)C2(F)F)cc1. The molecule has 1 aliphatic heterocycles. The minimum absolute atomic E-state index is 0.00464. The van der Waals surface area contributed by atoms with Crippen molar-refractivity contribution in [3.8, 4) is 0 Å². The Balaban J connectivity index is 1.51. The van der Waals surface area contributed by atoms with Gasteiger partial charge in [-0.1, -0.05) is 29.8 Å². The number of aryl methyl sites for hydroxylation is 1. The number of alkyl halides is 2. The molecule has 3 heterocycles. The summed E-state index contributed by atoms with van der Waals surface area (Å²) in [4.78, 5) is 20.6. The summed E-state index contributed by atoms with van der Waals surface area (Å²) in [5, 5.41) is 21.6. The number of amides is 1. The van der Waals surface area contributed by atoms with Gasteiger partial charge in [-0.3, -0.25) is 5.10 Å². The average Bonchev–Trinajstić information content (AvgIpc) is 3.17.